The van der Waals surface area contributed by atoms with Crippen LogP contribution in [0.5, 0.6) is 11.5 Å². The molecule has 6 nitrogen and oxygen atoms in total. The van der Waals surface area contributed by atoms with Gasteiger partial charge in [-0.25, -0.2) is 8.42 Å². The predicted octanol–water partition coefficient (Wildman–Crippen LogP) is 0.491. The summed E-state index contributed by atoms with van der Waals surface area (Å²) in [6.45, 7) is 4.18. The third-order valence-corrected chi connectivity index (χ3v) is 3.22. The van der Waals surface area contributed by atoms with Gasteiger partial charge in [-0.1, -0.05) is 6.54 Å². The lowest BCUT2D eigenvalue weighted by Crippen LogP contribution is -2.83. The van der Waals surface area contributed by atoms with Crippen LogP contribution in [-0.2, 0) is 16.6 Å². The normalized spacial score (nSPS) is 11.3. The molecule has 2 N–H and O–H groups in total. The van der Waals surface area contributed by atoms with Gasteiger partial charge in [-0.05, 0) is 25.1 Å². The van der Waals surface area contributed by atoms with Gasteiger partial charge in [-0.2, -0.15) is 0 Å². The van der Waals surface area contributed by atoms with E-state index in [-0.39, 0.29) is 0 Å². The molecule has 0 bridgehead atoms. The number of nitrogens with zero attached hydrogens (tertiary/aromatic N) is 1. The first-order valence-corrected chi connectivity index (χ1v) is 8.31. The third-order valence-electron chi connectivity index (χ3n) is 2.57. The van der Waals surface area contributed by atoms with E-state index in [1.54, 1.807) is 7.11 Å². The molecule has 0 fully saturated rings. The Bertz CT molecular complexity index is 517. The molecule has 114 valence electrons. The van der Waals surface area contributed by atoms with Gasteiger partial charge >= 0.3 is 0 Å². The lowest BCUT2D eigenvalue weighted by atomic mass is 10.2. The Hall–Kier alpha value is -1.31. The van der Waals surface area contributed by atoms with Crippen LogP contribution >= 0.6 is 0 Å². The van der Waals surface area contributed by atoms with Crippen molar-refractivity contribution in [1.82, 2.24) is 0 Å². The first-order chi connectivity index (χ1) is 9.46. The molecule has 0 aliphatic heterocycles. The number of quaternary nitrogens is 1. The Labute approximate surface area is 120 Å². The summed E-state index contributed by atoms with van der Waals surface area (Å²) in [5.41, 5.74) is 1.09. The van der Waals surface area contributed by atoms with Crippen LogP contribution in [0, 0.1) is 0 Å². The molecule has 20 heavy (non-hydrogen) atoms. The van der Waals surface area contributed by atoms with Crippen molar-refractivity contribution in [2.45, 2.75) is 13.5 Å². The molecule has 0 aliphatic carbocycles. The van der Waals surface area contributed by atoms with Gasteiger partial charge in [-0.3, -0.25) is 0 Å². The second-order valence-electron chi connectivity index (χ2n) is 4.29. The Kier molecular flexibility index (Phi) is 6.77. The SMILES string of the molecule is CCOc1ccc(C[NH2+]CC[N-]S(C)(=O)=O)cc1OC. The maximum absolute atomic E-state index is 10.8. The predicted molar refractivity (Wildman–Crippen MR) is 77.7 cm³/mol. The fourth-order valence-electron chi connectivity index (χ4n) is 1.69. The first kappa shape index (κ1) is 16.7. The second-order valence-corrected chi connectivity index (χ2v) is 6.01. The van der Waals surface area contributed by atoms with Gasteiger partial charge in [0.1, 0.15) is 6.54 Å². The van der Waals surface area contributed by atoms with Gasteiger partial charge in [0.25, 0.3) is 0 Å². The maximum Gasteiger partial charge on any atom is 0.161 e. The number of sulfonamides is 1. The van der Waals surface area contributed by atoms with Crippen LogP contribution in [0.3, 0.4) is 0 Å². The molecule has 1 aromatic rings. The topological polar surface area (TPSA) is 83.3 Å². The highest BCUT2D eigenvalue weighted by molar-refractivity contribution is 7.93. The van der Waals surface area contributed by atoms with Gasteiger partial charge in [0.2, 0.25) is 0 Å². The molecule has 0 aliphatic rings. The lowest BCUT2D eigenvalue weighted by molar-refractivity contribution is -0.667. The number of hydrogen-bond donors (Lipinski definition) is 1. The molecule has 0 heterocycles. The fraction of sp³-hybridized carbons (Fsp3) is 0.538. The van der Waals surface area contributed by atoms with Crippen molar-refractivity contribution >= 4 is 10.0 Å². The van der Waals surface area contributed by atoms with Gasteiger partial charge in [-0.15, -0.1) is 0 Å². The summed E-state index contributed by atoms with van der Waals surface area (Å²) in [4.78, 5) is 0. The van der Waals surface area contributed by atoms with Crippen LogP contribution < -0.4 is 14.8 Å². The quantitative estimate of drug-likeness (QED) is 0.673. The van der Waals surface area contributed by atoms with Crippen molar-refractivity contribution in [3.8, 4) is 11.5 Å². The number of methoxy groups -OCH3 is 1. The smallest absolute Gasteiger partial charge is 0.161 e. The van der Waals surface area contributed by atoms with E-state index < -0.39 is 10.0 Å². The van der Waals surface area contributed by atoms with Crippen LogP contribution in [0.1, 0.15) is 12.5 Å². The van der Waals surface area contributed by atoms with E-state index in [4.69, 9.17) is 9.47 Å². The first-order valence-electron chi connectivity index (χ1n) is 6.46. The maximum atomic E-state index is 10.8. The summed E-state index contributed by atoms with van der Waals surface area (Å²) in [5.74, 6) is 1.43. The van der Waals surface area contributed by atoms with Gasteiger partial charge in [0.15, 0.2) is 11.5 Å². The van der Waals surface area contributed by atoms with Gasteiger partial charge < -0.3 is 19.5 Å². The molecular weight excluding hydrogens is 280 g/mol. The van der Waals surface area contributed by atoms with Crippen LogP contribution in [-0.4, -0.2) is 41.5 Å². The molecule has 0 amide bonds. The van der Waals surface area contributed by atoms with Crippen molar-refractivity contribution in [1.29, 1.82) is 0 Å². The number of hydrogen-bond acceptors (Lipinski definition) is 4. The van der Waals surface area contributed by atoms with Crippen molar-refractivity contribution in [2.24, 2.45) is 0 Å². The van der Waals surface area contributed by atoms with Crippen LogP contribution in [0.4, 0.5) is 0 Å². The van der Waals surface area contributed by atoms with E-state index >= 15 is 0 Å². The van der Waals surface area contributed by atoms with E-state index in [1.807, 2.05) is 30.4 Å². The zero-order valence-electron chi connectivity index (χ0n) is 12.1. The highest BCUT2D eigenvalue weighted by Crippen LogP contribution is 2.27. The van der Waals surface area contributed by atoms with Crippen molar-refractivity contribution < 1.29 is 23.2 Å². The second kappa shape index (κ2) is 8.08. The molecule has 1 rings (SSSR count). The molecular formula is C13H22N2O4S. The van der Waals surface area contributed by atoms with Gasteiger partial charge in [0, 0.05) is 11.8 Å². The number of benzene rings is 1. The molecule has 7 heteroatoms. The van der Waals surface area contributed by atoms with Crippen LogP contribution in [0.25, 0.3) is 4.72 Å². The zero-order valence-corrected chi connectivity index (χ0v) is 12.9. The zero-order chi connectivity index (χ0) is 15.0. The van der Waals surface area contributed by atoms with E-state index in [2.05, 4.69) is 4.72 Å². The van der Waals surface area contributed by atoms with E-state index in [9.17, 15) is 8.42 Å². The summed E-state index contributed by atoms with van der Waals surface area (Å²) in [6.07, 6.45) is 1.10. The molecule has 0 spiro atoms. The summed E-state index contributed by atoms with van der Waals surface area (Å²) in [7, 11) is -1.62. The van der Waals surface area contributed by atoms with Crippen LogP contribution in [0.15, 0.2) is 18.2 Å². The molecule has 0 unspecified atom stereocenters. The third kappa shape index (κ3) is 6.23. The minimum absolute atomic E-state index is 0.299. The fourth-order valence-corrected chi connectivity index (χ4v) is 2.13. The highest BCUT2D eigenvalue weighted by Gasteiger charge is 2.05. The largest absolute Gasteiger partial charge is 0.545 e. The molecule has 0 radical (unpaired) electrons. The van der Waals surface area contributed by atoms with E-state index in [1.165, 1.54) is 0 Å². The minimum atomic E-state index is -3.22. The van der Waals surface area contributed by atoms with Crippen LogP contribution in [0.2, 0.25) is 0 Å². The Morgan fingerprint density at radius 1 is 1.30 bits per heavy atom. The summed E-state index contributed by atoms with van der Waals surface area (Å²) in [5, 5.41) is 2.00. The van der Waals surface area contributed by atoms with E-state index in [0.29, 0.717) is 25.4 Å². The lowest BCUT2D eigenvalue weighted by Gasteiger charge is -2.15. The Morgan fingerprint density at radius 3 is 2.65 bits per heavy atom. The van der Waals surface area contributed by atoms with Crippen molar-refractivity contribution in [3.63, 3.8) is 0 Å². The molecule has 0 aromatic heterocycles. The average Bonchev–Trinajstić information content (AvgIpc) is 2.38. The summed E-state index contributed by atoms with van der Waals surface area (Å²) in [6, 6.07) is 5.78. The monoisotopic (exact) mass is 302 g/mol. The molecule has 0 saturated carbocycles. The average molecular weight is 302 g/mol. The van der Waals surface area contributed by atoms with E-state index in [0.717, 1.165) is 24.1 Å². The number of rotatable bonds is 9. The minimum Gasteiger partial charge on any atom is -0.545 e. The number of nitrogens with two attached hydrogens (primary N) is 1. The highest BCUT2D eigenvalue weighted by atomic mass is 32.2. The summed E-state index contributed by atoms with van der Waals surface area (Å²) >= 11 is 0. The molecule has 1 aromatic carbocycles. The van der Waals surface area contributed by atoms with Crippen molar-refractivity contribution in [3.05, 3.63) is 28.5 Å². The standard InChI is InChI=1S/C13H21N2O4S/c1-4-19-12-6-5-11(9-13(12)18-2)10-14-7-8-15-20(3,16)17/h5-6,9,14H,4,7-8,10H2,1-3H3/q-1/p+1. The molecule has 0 saturated heterocycles. The Balaban J connectivity index is 2.44. The Morgan fingerprint density at radius 2 is 2.05 bits per heavy atom. The number of ether oxygens (including phenoxy) is 2. The van der Waals surface area contributed by atoms with Crippen molar-refractivity contribution in [2.75, 3.05) is 33.1 Å². The summed E-state index contributed by atoms with van der Waals surface area (Å²) < 4.78 is 35.9. The van der Waals surface area contributed by atoms with Gasteiger partial charge in [0.05, 0.1) is 30.3 Å². The molecule has 0 atom stereocenters.